The van der Waals surface area contributed by atoms with Crippen molar-refractivity contribution in [1.82, 2.24) is 4.98 Å². The number of amides is 1. The quantitative estimate of drug-likeness (QED) is 0.929. The fourth-order valence-corrected chi connectivity index (χ4v) is 2.60. The summed E-state index contributed by atoms with van der Waals surface area (Å²) in [6.45, 7) is 0. The van der Waals surface area contributed by atoms with Gasteiger partial charge in [-0.1, -0.05) is 6.07 Å². The molecule has 1 heterocycles. The molecule has 6 heteroatoms. The summed E-state index contributed by atoms with van der Waals surface area (Å²) in [5, 5.41) is 2.24. The van der Waals surface area contributed by atoms with E-state index < -0.39 is 23.2 Å². The Bertz CT molecular complexity index is 695. The molecule has 0 radical (unpaired) electrons. The van der Waals surface area contributed by atoms with Crippen molar-refractivity contribution >= 4 is 11.6 Å². The monoisotopic (exact) mass is 318 g/mol. The molecule has 0 atom stereocenters. The minimum Gasteiger partial charge on any atom is -0.474 e. The van der Waals surface area contributed by atoms with E-state index in [2.05, 4.69) is 10.3 Å². The highest BCUT2D eigenvalue weighted by molar-refractivity contribution is 6.04. The lowest BCUT2D eigenvalue weighted by molar-refractivity contribution is 0.102. The van der Waals surface area contributed by atoms with Crippen LogP contribution in [0, 0.1) is 11.6 Å². The zero-order chi connectivity index (χ0) is 16.2. The van der Waals surface area contributed by atoms with Crippen molar-refractivity contribution in [3.05, 3.63) is 53.7 Å². The Labute approximate surface area is 132 Å². The molecule has 3 rings (SSSR count). The summed E-state index contributed by atoms with van der Waals surface area (Å²) >= 11 is 0. The summed E-state index contributed by atoms with van der Waals surface area (Å²) in [6, 6.07) is 6.35. The molecule has 2 aromatic rings. The molecule has 1 amide bonds. The summed E-state index contributed by atoms with van der Waals surface area (Å²) in [4.78, 5) is 16.3. The smallest absolute Gasteiger partial charge is 0.256 e. The predicted octanol–water partition coefficient (Wildman–Crippen LogP) is 3.93. The number of halogens is 2. The number of nitrogens with one attached hydrogen (secondary N) is 1. The Kier molecular flexibility index (Phi) is 4.50. The Morgan fingerprint density at radius 3 is 2.57 bits per heavy atom. The van der Waals surface area contributed by atoms with Crippen LogP contribution in [0.3, 0.4) is 0 Å². The first kappa shape index (κ1) is 15.4. The number of aromatic nitrogens is 1. The highest BCUT2D eigenvalue weighted by Crippen LogP contribution is 2.24. The number of carbonyl (C=O) groups excluding carboxylic acids is 1. The van der Waals surface area contributed by atoms with Gasteiger partial charge in [0.05, 0.1) is 0 Å². The molecule has 0 aliphatic heterocycles. The van der Waals surface area contributed by atoms with Crippen molar-refractivity contribution in [2.75, 3.05) is 5.32 Å². The van der Waals surface area contributed by atoms with E-state index in [-0.39, 0.29) is 11.7 Å². The third-order valence-corrected chi connectivity index (χ3v) is 3.79. The van der Waals surface area contributed by atoms with Crippen molar-refractivity contribution in [3.8, 4) is 5.88 Å². The van der Waals surface area contributed by atoms with Crippen LogP contribution >= 0.6 is 0 Å². The molecule has 0 spiro atoms. The van der Waals surface area contributed by atoms with Crippen LogP contribution < -0.4 is 10.1 Å². The normalized spacial score (nSPS) is 14.7. The molecule has 1 aromatic carbocycles. The number of anilines is 1. The SMILES string of the molecule is O=C(Nc1c(F)cccc1F)c1ccnc(OC2CCCC2)c1. The van der Waals surface area contributed by atoms with Gasteiger partial charge in [-0.05, 0) is 43.9 Å². The molecule has 1 N–H and O–H groups in total. The highest BCUT2D eigenvalue weighted by atomic mass is 19.1. The molecule has 0 unspecified atom stereocenters. The van der Waals surface area contributed by atoms with Gasteiger partial charge in [-0.25, -0.2) is 13.8 Å². The summed E-state index contributed by atoms with van der Waals surface area (Å²) in [5.74, 6) is -1.92. The summed E-state index contributed by atoms with van der Waals surface area (Å²) in [6.07, 6.45) is 5.74. The molecule has 4 nitrogen and oxygen atoms in total. The summed E-state index contributed by atoms with van der Waals surface area (Å²) < 4.78 is 32.9. The van der Waals surface area contributed by atoms with Gasteiger partial charge < -0.3 is 10.1 Å². The average Bonchev–Trinajstić information content (AvgIpc) is 3.04. The second kappa shape index (κ2) is 6.73. The van der Waals surface area contributed by atoms with Crippen LogP contribution in [0.15, 0.2) is 36.5 Å². The molecule has 1 aliphatic rings. The lowest BCUT2D eigenvalue weighted by Gasteiger charge is -2.13. The van der Waals surface area contributed by atoms with Crippen molar-refractivity contribution in [1.29, 1.82) is 0 Å². The number of carbonyl (C=O) groups is 1. The Morgan fingerprint density at radius 1 is 1.17 bits per heavy atom. The van der Waals surface area contributed by atoms with E-state index in [1.54, 1.807) is 0 Å². The first-order chi connectivity index (χ1) is 11.1. The van der Waals surface area contributed by atoms with Gasteiger partial charge >= 0.3 is 0 Å². The van der Waals surface area contributed by atoms with Crippen LogP contribution in [0.2, 0.25) is 0 Å². The number of hydrogen-bond acceptors (Lipinski definition) is 3. The van der Waals surface area contributed by atoms with Crippen molar-refractivity contribution in [2.24, 2.45) is 0 Å². The van der Waals surface area contributed by atoms with E-state index >= 15 is 0 Å². The first-order valence-electron chi connectivity index (χ1n) is 7.51. The zero-order valence-electron chi connectivity index (χ0n) is 12.4. The van der Waals surface area contributed by atoms with Gasteiger partial charge in [-0.15, -0.1) is 0 Å². The van der Waals surface area contributed by atoms with Crippen LogP contribution in [0.4, 0.5) is 14.5 Å². The maximum absolute atomic E-state index is 13.6. The van der Waals surface area contributed by atoms with Crippen LogP contribution in [0.25, 0.3) is 0 Å². The molecule has 120 valence electrons. The standard InChI is InChI=1S/C17H16F2N2O2/c18-13-6-3-7-14(19)16(13)21-17(22)11-8-9-20-15(10-11)23-12-4-1-2-5-12/h3,6-10,12H,1-2,4-5H2,(H,21,22). The van der Waals surface area contributed by atoms with Gasteiger partial charge in [0.2, 0.25) is 5.88 Å². The molecule has 1 aliphatic carbocycles. The van der Waals surface area contributed by atoms with E-state index in [4.69, 9.17) is 4.74 Å². The molecular weight excluding hydrogens is 302 g/mol. The number of rotatable bonds is 4. The summed E-state index contributed by atoms with van der Waals surface area (Å²) in [7, 11) is 0. The van der Waals surface area contributed by atoms with E-state index in [9.17, 15) is 13.6 Å². The van der Waals surface area contributed by atoms with E-state index in [1.165, 1.54) is 24.4 Å². The van der Waals surface area contributed by atoms with Crippen molar-refractivity contribution < 1.29 is 18.3 Å². The average molecular weight is 318 g/mol. The highest BCUT2D eigenvalue weighted by Gasteiger charge is 2.18. The number of hydrogen-bond donors (Lipinski definition) is 1. The Balaban J connectivity index is 1.74. The second-order valence-corrected chi connectivity index (χ2v) is 5.46. The Morgan fingerprint density at radius 2 is 1.87 bits per heavy atom. The minimum atomic E-state index is -0.824. The van der Waals surface area contributed by atoms with Gasteiger partial charge in [0.1, 0.15) is 23.4 Å². The van der Waals surface area contributed by atoms with Gasteiger partial charge in [0, 0.05) is 17.8 Å². The van der Waals surface area contributed by atoms with Crippen LogP contribution in [0.1, 0.15) is 36.0 Å². The lowest BCUT2D eigenvalue weighted by atomic mass is 10.2. The third kappa shape index (κ3) is 3.64. The van der Waals surface area contributed by atoms with E-state index in [0.717, 1.165) is 37.8 Å². The second-order valence-electron chi connectivity index (χ2n) is 5.46. The van der Waals surface area contributed by atoms with Crippen molar-refractivity contribution in [2.45, 2.75) is 31.8 Å². The van der Waals surface area contributed by atoms with Gasteiger partial charge in [-0.3, -0.25) is 4.79 Å². The molecule has 0 bridgehead atoms. The lowest BCUT2D eigenvalue weighted by Crippen LogP contribution is -2.16. The number of ether oxygens (including phenoxy) is 1. The van der Waals surface area contributed by atoms with Crippen LogP contribution in [-0.4, -0.2) is 17.0 Å². The Hall–Kier alpha value is -2.50. The van der Waals surface area contributed by atoms with Crippen molar-refractivity contribution in [3.63, 3.8) is 0 Å². The van der Waals surface area contributed by atoms with Gasteiger partial charge in [-0.2, -0.15) is 0 Å². The molecule has 1 aromatic heterocycles. The summed E-state index contributed by atoms with van der Waals surface area (Å²) in [5.41, 5.74) is -0.233. The van der Waals surface area contributed by atoms with Gasteiger partial charge in [0.25, 0.3) is 5.91 Å². The maximum Gasteiger partial charge on any atom is 0.256 e. The van der Waals surface area contributed by atoms with Gasteiger partial charge in [0.15, 0.2) is 0 Å². The zero-order valence-corrected chi connectivity index (χ0v) is 12.4. The maximum atomic E-state index is 13.6. The van der Waals surface area contributed by atoms with E-state index in [0.29, 0.717) is 5.88 Å². The molecule has 0 saturated heterocycles. The predicted molar refractivity (Wildman–Crippen MR) is 81.4 cm³/mol. The van der Waals surface area contributed by atoms with Crippen LogP contribution in [-0.2, 0) is 0 Å². The number of benzene rings is 1. The third-order valence-electron chi connectivity index (χ3n) is 3.79. The largest absolute Gasteiger partial charge is 0.474 e. The van der Waals surface area contributed by atoms with E-state index in [1.807, 2.05) is 0 Å². The number of nitrogens with zero attached hydrogens (tertiary/aromatic N) is 1. The first-order valence-corrected chi connectivity index (χ1v) is 7.51. The molecule has 1 saturated carbocycles. The molecular formula is C17H16F2N2O2. The molecule has 1 fully saturated rings. The fraction of sp³-hybridized carbons (Fsp3) is 0.294. The molecule has 23 heavy (non-hydrogen) atoms. The topological polar surface area (TPSA) is 51.2 Å². The number of pyridine rings is 1. The van der Waals surface area contributed by atoms with Crippen LogP contribution in [0.5, 0.6) is 5.88 Å². The fourth-order valence-electron chi connectivity index (χ4n) is 2.60. The number of para-hydroxylation sites is 1. The minimum absolute atomic E-state index is 0.116.